The third kappa shape index (κ3) is 2.68. The lowest BCUT2D eigenvalue weighted by Gasteiger charge is -2.07. The van der Waals surface area contributed by atoms with Crippen molar-refractivity contribution < 1.29 is 9.59 Å². The summed E-state index contributed by atoms with van der Waals surface area (Å²) in [4.78, 5) is 26.5. The summed E-state index contributed by atoms with van der Waals surface area (Å²) in [6.07, 6.45) is 0. The van der Waals surface area contributed by atoms with Crippen LogP contribution in [0.25, 0.3) is 0 Å². The maximum Gasteiger partial charge on any atom is 0.293 e. The molecule has 1 heterocycles. The van der Waals surface area contributed by atoms with Gasteiger partial charge in [-0.1, -0.05) is 0 Å². The normalized spacial score (nSPS) is 10.2. The van der Waals surface area contributed by atoms with Gasteiger partial charge < -0.3 is 16.8 Å². The van der Waals surface area contributed by atoms with Crippen molar-refractivity contribution in [2.75, 3.05) is 11.1 Å². The van der Waals surface area contributed by atoms with Crippen LogP contribution in [0.15, 0.2) is 18.2 Å². The summed E-state index contributed by atoms with van der Waals surface area (Å²) >= 11 is 0. The van der Waals surface area contributed by atoms with E-state index in [1.165, 1.54) is 6.07 Å². The minimum atomic E-state index is -0.524. The van der Waals surface area contributed by atoms with E-state index in [0.29, 0.717) is 16.8 Å². The Hall–Kier alpha value is -2.90. The lowest BCUT2D eigenvalue weighted by atomic mass is 10.1. The van der Waals surface area contributed by atoms with Crippen LogP contribution in [0.3, 0.4) is 0 Å². The van der Waals surface area contributed by atoms with Crippen LogP contribution < -0.4 is 16.8 Å². The van der Waals surface area contributed by atoms with Crippen molar-refractivity contribution in [2.24, 2.45) is 5.73 Å². The van der Waals surface area contributed by atoms with Gasteiger partial charge in [-0.3, -0.25) is 14.7 Å². The average molecular weight is 260 g/mol. The van der Waals surface area contributed by atoms with Gasteiger partial charge in [-0.05, 0) is 30.7 Å². The van der Waals surface area contributed by atoms with Gasteiger partial charge in [0, 0.05) is 11.3 Å². The van der Waals surface area contributed by atoms with Crippen molar-refractivity contribution in [1.82, 2.24) is 15.2 Å². The number of primary amides is 1. The number of nitrogens with two attached hydrogens (primary N) is 2. The number of benzene rings is 1. The summed E-state index contributed by atoms with van der Waals surface area (Å²) in [6, 6.07) is 4.71. The van der Waals surface area contributed by atoms with Gasteiger partial charge in [-0.15, -0.1) is 5.10 Å². The minimum Gasteiger partial charge on any atom is -0.366 e. The summed E-state index contributed by atoms with van der Waals surface area (Å²) < 4.78 is 0. The number of hydrogen-bond donors (Lipinski definition) is 4. The van der Waals surface area contributed by atoms with Crippen molar-refractivity contribution in [3.63, 3.8) is 0 Å². The molecule has 2 aromatic rings. The Balaban J connectivity index is 2.20. The van der Waals surface area contributed by atoms with Gasteiger partial charge in [0.15, 0.2) is 0 Å². The highest BCUT2D eigenvalue weighted by molar-refractivity contribution is 6.02. The Kier molecular flexibility index (Phi) is 3.15. The van der Waals surface area contributed by atoms with Crippen LogP contribution >= 0.6 is 0 Å². The molecule has 0 aliphatic carbocycles. The molecule has 1 aromatic carbocycles. The van der Waals surface area contributed by atoms with E-state index in [1.807, 2.05) is 0 Å². The van der Waals surface area contributed by atoms with E-state index in [2.05, 4.69) is 20.5 Å². The minimum absolute atomic E-state index is 0.00838. The van der Waals surface area contributed by atoms with Gasteiger partial charge in [0.1, 0.15) is 0 Å². The van der Waals surface area contributed by atoms with Crippen molar-refractivity contribution >= 4 is 23.5 Å². The number of rotatable bonds is 3. The lowest BCUT2D eigenvalue weighted by molar-refractivity contribution is 0.0997. The van der Waals surface area contributed by atoms with E-state index < -0.39 is 11.8 Å². The zero-order chi connectivity index (χ0) is 14.0. The molecular formula is C11H12N6O2. The molecule has 0 bridgehead atoms. The molecule has 2 rings (SSSR count). The van der Waals surface area contributed by atoms with Gasteiger partial charge in [-0.2, -0.15) is 4.98 Å². The summed E-state index contributed by atoms with van der Waals surface area (Å²) in [7, 11) is 0. The van der Waals surface area contributed by atoms with Crippen LogP contribution in [0.5, 0.6) is 0 Å². The molecule has 0 radical (unpaired) electrons. The number of amides is 2. The first-order valence-corrected chi connectivity index (χ1v) is 5.37. The summed E-state index contributed by atoms with van der Waals surface area (Å²) in [5.74, 6) is -0.995. The molecule has 8 nitrogen and oxygen atoms in total. The molecule has 19 heavy (non-hydrogen) atoms. The Morgan fingerprint density at radius 3 is 2.63 bits per heavy atom. The van der Waals surface area contributed by atoms with Crippen molar-refractivity contribution in [2.45, 2.75) is 6.92 Å². The molecule has 0 fully saturated rings. The molecule has 0 saturated heterocycles. The highest BCUT2D eigenvalue weighted by Gasteiger charge is 2.12. The highest BCUT2D eigenvalue weighted by atomic mass is 16.2. The van der Waals surface area contributed by atoms with Gasteiger partial charge >= 0.3 is 0 Å². The maximum absolute atomic E-state index is 11.8. The summed E-state index contributed by atoms with van der Waals surface area (Å²) in [5, 5.41) is 8.59. The SMILES string of the molecule is Cc1cc(C(N)=O)ccc1NC(=O)c1nc(N)n[nH]1. The largest absolute Gasteiger partial charge is 0.366 e. The van der Waals surface area contributed by atoms with E-state index in [0.717, 1.165) is 0 Å². The van der Waals surface area contributed by atoms with Crippen LogP contribution in [0.4, 0.5) is 11.6 Å². The fourth-order valence-corrected chi connectivity index (χ4v) is 1.52. The third-order valence-corrected chi connectivity index (χ3v) is 2.48. The van der Waals surface area contributed by atoms with Crippen LogP contribution in [-0.4, -0.2) is 27.0 Å². The highest BCUT2D eigenvalue weighted by Crippen LogP contribution is 2.16. The standard InChI is InChI=1S/C11H12N6O2/c1-5-4-6(8(12)18)2-3-7(5)14-10(19)9-15-11(13)17-16-9/h2-4H,1H3,(H2,12,18)(H,14,19)(H3,13,15,16,17). The number of aromatic nitrogens is 3. The zero-order valence-corrected chi connectivity index (χ0v) is 10.1. The first kappa shape index (κ1) is 12.6. The van der Waals surface area contributed by atoms with Crippen LogP contribution in [0.1, 0.15) is 26.5 Å². The quantitative estimate of drug-likeness (QED) is 0.617. The number of anilines is 2. The van der Waals surface area contributed by atoms with E-state index in [9.17, 15) is 9.59 Å². The molecule has 2 amide bonds. The van der Waals surface area contributed by atoms with Gasteiger partial charge in [0.25, 0.3) is 5.91 Å². The second-order valence-corrected chi connectivity index (χ2v) is 3.89. The van der Waals surface area contributed by atoms with E-state index >= 15 is 0 Å². The molecule has 8 heteroatoms. The molecule has 0 spiro atoms. The Labute approximate surface area is 108 Å². The Morgan fingerprint density at radius 1 is 1.37 bits per heavy atom. The van der Waals surface area contributed by atoms with Gasteiger partial charge in [0.2, 0.25) is 17.7 Å². The molecule has 0 aliphatic heterocycles. The average Bonchev–Trinajstić information content (AvgIpc) is 2.78. The van der Waals surface area contributed by atoms with E-state index in [1.54, 1.807) is 19.1 Å². The Bertz CT molecular complexity index is 648. The number of H-pyrrole nitrogens is 1. The number of carbonyl (C=O) groups excluding carboxylic acids is 2. The number of nitrogens with zero attached hydrogens (tertiary/aromatic N) is 2. The molecule has 0 atom stereocenters. The second kappa shape index (κ2) is 4.77. The van der Waals surface area contributed by atoms with Crippen molar-refractivity contribution in [3.05, 3.63) is 35.2 Å². The van der Waals surface area contributed by atoms with Crippen molar-refractivity contribution in [1.29, 1.82) is 0 Å². The number of aromatic amines is 1. The number of nitrogens with one attached hydrogen (secondary N) is 2. The fourth-order valence-electron chi connectivity index (χ4n) is 1.52. The predicted octanol–water partition coefficient (Wildman–Crippen LogP) is 0.0465. The monoisotopic (exact) mass is 260 g/mol. The Morgan fingerprint density at radius 2 is 2.11 bits per heavy atom. The first-order chi connectivity index (χ1) is 8.97. The fraction of sp³-hybridized carbons (Fsp3) is 0.0909. The number of hydrogen-bond acceptors (Lipinski definition) is 5. The van der Waals surface area contributed by atoms with Gasteiger partial charge in [0.05, 0.1) is 0 Å². The second-order valence-electron chi connectivity index (χ2n) is 3.89. The molecule has 98 valence electrons. The number of aryl methyl sites for hydroxylation is 1. The summed E-state index contributed by atoms with van der Waals surface area (Å²) in [5.41, 5.74) is 12.1. The van der Waals surface area contributed by atoms with E-state index in [-0.39, 0.29) is 11.8 Å². The van der Waals surface area contributed by atoms with Crippen LogP contribution in [0.2, 0.25) is 0 Å². The topological polar surface area (TPSA) is 140 Å². The smallest absolute Gasteiger partial charge is 0.293 e. The number of carbonyl (C=O) groups is 2. The van der Waals surface area contributed by atoms with Gasteiger partial charge in [-0.25, -0.2) is 0 Å². The molecule has 6 N–H and O–H groups in total. The molecule has 0 aliphatic rings. The van der Waals surface area contributed by atoms with Crippen molar-refractivity contribution in [3.8, 4) is 0 Å². The van der Waals surface area contributed by atoms with Crippen LogP contribution in [-0.2, 0) is 0 Å². The maximum atomic E-state index is 11.8. The first-order valence-electron chi connectivity index (χ1n) is 5.37. The molecule has 0 saturated carbocycles. The molecule has 0 unspecified atom stereocenters. The molecular weight excluding hydrogens is 248 g/mol. The molecule has 1 aromatic heterocycles. The van der Waals surface area contributed by atoms with Crippen LogP contribution in [0, 0.1) is 6.92 Å². The predicted molar refractivity (Wildman–Crippen MR) is 68.4 cm³/mol. The zero-order valence-electron chi connectivity index (χ0n) is 10.1. The third-order valence-electron chi connectivity index (χ3n) is 2.48. The summed E-state index contributed by atoms with van der Waals surface area (Å²) in [6.45, 7) is 1.75. The van der Waals surface area contributed by atoms with E-state index in [4.69, 9.17) is 11.5 Å². The lowest BCUT2D eigenvalue weighted by Crippen LogP contribution is -2.16. The number of nitrogen functional groups attached to an aromatic ring is 1.